The van der Waals surface area contributed by atoms with Crippen molar-refractivity contribution in [1.29, 1.82) is 0 Å². The normalized spacial score (nSPS) is 10.3. The van der Waals surface area contributed by atoms with Gasteiger partial charge in [0.1, 0.15) is 11.6 Å². The van der Waals surface area contributed by atoms with Crippen molar-refractivity contribution in [3.05, 3.63) is 17.1 Å². The molecule has 14 heavy (non-hydrogen) atoms. The summed E-state index contributed by atoms with van der Waals surface area (Å²) in [5.74, 6) is 1.94. The molecule has 0 saturated heterocycles. The van der Waals surface area contributed by atoms with Gasteiger partial charge in [-0.05, 0) is 27.2 Å². The highest BCUT2D eigenvalue weighted by molar-refractivity contribution is 5.45. The minimum absolute atomic E-state index is 0.906. The molecule has 0 aliphatic carbocycles. The van der Waals surface area contributed by atoms with Crippen molar-refractivity contribution in [2.75, 3.05) is 11.9 Å². The number of hydrogen-bond acceptors (Lipinski definition) is 3. The molecule has 0 aromatic carbocycles. The fourth-order valence-electron chi connectivity index (χ4n) is 1.36. The third-order valence-corrected chi connectivity index (χ3v) is 2.25. The summed E-state index contributed by atoms with van der Waals surface area (Å²) in [6, 6.07) is 0. The molecule has 0 fully saturated rings. The molecular formula is C11H19N3. The monoisotopic (exact) mass is 193 g/mol. The number of nitrogens with zero attached hydrogens (tertiary/aromatic N) is 2. The van der Waals surface area contributed by atoms with Gasteiger partial charge in [0.2, 0.25) is 0 Å². The van der Waals surface area contributed by atoms with Crippen LogP contribution in [-0.4, -0.2) is 16.5 Å². The molecule has 0 aliphatic rings. The van der Waals surface area contributed by atoms with Crippen molar-refractivity contribution < 1.29 is 0 Å². The molecule has 0 spiro atoms. The van der Waals surface area contributed by atoms with E-state index in [1.54, 1.807) is 0 Å². The van der Waals surface area contributed by atoms with Gasteiger partial charge in [-0.2, -0.15) is 0 Å². The quantitative estimate of drug-likeness (QED) is 0.798. The first kappa shape index (κ1) is 11.0. The summed E-state index contributed by atoms with van der Waals surface area (Å²) in [7, 11) is 0. The molecule has 0 amide bonds. The summed E-state index contributed by atoms with van der Waals surface area (Å²) in [6.45, 7) is 9.23. The van der Waals surface area contributed by atoms with Crippen LogP contribution in [0, 0.1) is 13.8 Å². The van der Waals surface area contributed by atoms with Gasteiger partial charge in [-0.25, -0.2) is 9.97 Å². The zero-order chi connectivity index (χ0) is 10.6. The van der Waals surface area contributed by atoms with Crippen LogP contribution in [0.4, 0.5) is 5.82 Å². The van der Waals surface area contributed by atoms with Crippen molar-refractivity contribution in [2.24, 2.45) is 0 Å². The molecule has 0 bridgehead atoms. The molecule has 1 aromatic heterocycles. The largest absolute Gasteiger partial charge is 0.370 e. The van der Waals surface area contributed by atoms with E-state index in [9.17, 15) is 0 Å². The fourth-order valence-corrected chi connectivity index (χ4v) is 1.36. The number of nitrogens with one attached hydrogen (secondary N) is 1. The van der Waals surface area contributed by atoms with Crippen molar-refractivity contribution in [3.8, 4) is 0 Å². The topological polar surface area (TPSA) is 37.8 Å². The van der Waals surface area contributed by atoms with E-state index in [0.717, 1.165) is 42.3 Å². The first-order valence-corrected chi connectivity index (χ1v) is 5.27. The standard InChI is InChI=1S/C11H19N3/c1-5-7-10-13-9(4)8(3)11(14-10)12-6-2/h5-7H2,1-4H3,(H,12,13,14). The van der Waals surface area contributed by atoms with Gasteiger partial charge in [0.05, 0.1) is 0 Å². The molecule has 78 valence electrons. The first-order valence-electron chi connectivity index (χ1n) is 5.27. The third-order valence-electron chi connectivity index (χ3n) is 2.25. The Kier molecular flexibility index (Phi) is 3.86. The lowest BCUT2D eigenvalue weighted by molar-refractivity contribution is 0.820. The Morgan fingerprint density at radius 3 is 2.43 bits per heavy atom. The molecule has 1 N–H and O–H groups in total. The van der Waals surface area contributed by atoms with Crippen molar-refractivity contribution in [1.82, 2.24) is 9.97 Å². The Bertz CT molecular complexity index is 308. The summed E-state index contributed by atoms with van der Waals surface area (Å²) in [5.41, 5.74) is 2.24. The molecule has 0 aliphatic heterocycles. The van der Waals surface area contributed by atoms with Crippen LogP contribution in [0.3, 0.4) is 0 Å². The summed E-state index contributed by atoms with van der Waals surface area (Å²) in [5, 5.41) is 3.26. The number of hydrogen-bond donors (Lipinski definition) is 1. The van der Waals surface area contributed by atoms with Gasteiger partial charge < -0.3 is 5.32 Å². The number of anilines is 1. The molecule has 3 heteroatoms. The minimum atomic E-state index is 0.906. The Balaban J connectivity index is 3.01. The van der Waals surface area contributed by atoms with Crippen LogP contribution in [0.25, 0.3) is 0 Å². The fraction of sp³-hybridized carbons (Fsp3) is 0.636. The molecule has 1 rings (SSSR count). The molecule has 0 unspecified atom stereocenters. The van der Waals surface area contributed by atoms with Crippen LogP contribution in [0.5, 0.6) is 0 Å². The molecular weight excluding hydrogens is 174 g/mol. The van der Waals surface area contributed by atoms with E-state index in [4.69, 9.17) is 0 Å². The summed E-state index contributed by atoms with van der Waals surface area (Å²) in [4.78, 5) is 8.94. The number of rotatable bonds is 4. The Morgan fingerprint density at radius 2 is 1.86 bits per heavy atom. The van der Waals surface area contributed by atoms with Crippen LogP contribution in [0.2, 0.25) is 0 Å². The number of aryl methyl sites for hydroxylation is 2. The summed E-state index contributed by atoms with van der Waals surface area (Å²) < 4.78 is 0. The van der Waals surface area contributed by atoms with Crippen molar-refractivity contribution in [2.45, 2.75) is 40.5 Å². The first-order chi connectivity index (χ1) is 6.69. The Morgan fingerprint density at radius 1 is 1.14 bits per heavy atom. The third kappa shape index (κ3) is 2.44. The second-order valence-electron chi connectivity index (χ2n) is 3.48. The lowest BCUT2D eigenvalue weighted by Gasteiger charge is -2.10. The van der Waals surface area contributed by atoms with Gasteiger partial charge in [0.15, 0.2) is 0 Å². The zero-order valence-corrected chi connectivity index (χ0v) is 9.52. The molecule has 1 aromatic rings. The SMILES string of the molecule is CCCc1nc(C)c(C)c(NCC)n1. The Labute approximate surface area is 86.0 Å². The predicted molar refractivity (Wildman–Crippen MR) is 59.7 cm³/mol. The van der Waals surface area contributed by atoms with Crippen LogP contribution in [-0.2, 0) is 6.42 Å². The van der Waals surface area contributed by atoms with Gasteiger partial charge >= 0.3 is 0 Å². The van der Waals surface area contributed by atoms with Gasteiger partial charge in [0, 0.05) is 24.2 Å². The highest BCUT2D eigenvalue weighted by Crippen LogP contribution is 2.14. The van der Waals surface area contributed by atoms with E-state index in [1.807, 2.05) is 6.92 Å². The van der Waals surface area contributed by atoms with E-state index in [1.165, 1.54) is 0 Å². The molecule has 0 atom stereocenters. The van der Waals surface area contributed by atoms with Gasteiger partial charge in [-0.1, -0.05) is 6.92 Å². The van der Waals surface area contributed by atoms with Crippen molar-refractivity contribution >= 4 is 5.82 Å². The zero-order valence-electron chi connectivity index (χ0n) is 9.52. The maximum absolute atomic E-state index is 4.49. The second kappa shape index (κ2) is 4.94. The van der Waals surface area contributed by atoms with Crippen LogP contribution < -0.4 is 5.32 Å². The average Bonchev–Trinajstić information content (AvgIpc) is 2.14. The maximum atomic E-state index is 4.49. The lowest BCUT2D eigenvalue weighted by Crippen LogP contribution is -2.07. The highest BCUT2D eigenvalue weighted by Gasteiger charge is 2.05. The van der Waals surface area contributed by atoms with E-state index in [2.05, 4.69) is 36.1 Å². The molecule has 3 nitrogen and oxygen atoms in total. The summed E-state index contributed by atoms with van der Waals surface area (Å²) in [6.07, 6.45) is 2.05. The second-order valence-corrected chi connectivity index (χ2v) is 3.48. The van der Waals surface area contributed by atoms with Crippen LogP contribution in [0.1, 0.15) is 37.4 Å². The number of aromatic nitrogens is 2. The highest BCUT2D eigenvalue weighted by atomic mass is 15.0. The van der Waals surface area contributed by atoms with Crippen molar-refractivity contribution in [3.63, 3.8) is 0 Å². The minimum Gasteiger partial charge on any atom is -0.370 e. The van der Waals surface area contributed by atoms with Gasteiger partial charge in [-0.15, -0.1) is 0 Å². The van der Waals surface area contributed by atoms with E-state index in [0.29, 0.717) is 0 Å². The predicted octanol–water partition coefficient (Wildman–Crippen LogP) is 2.48. The smallest absolute Gasteiger partial charge is 0.132 e. The average molecular weight is 193 g/mol. The molecule has 1 heterocycles. The van der Waals surface area contributed by atoms with Crippen LogP contribution in [0.15, 0.2) is 0 Å². The maximum Gasteiger partial charge on any atom is 0.132 e. The van der Waals surface area contributed by atoms with Gasteiger partial charge in [0.25, 0.3) is 0 Å². The molecule has 0 saturated carbocycles. The van der Waals surface area contributed by atoms with Gasteiger partial charge in [-0.3, -0.25) is 0 Å². The summed E-state index contributed by atoms with van der Waals surface area (Å²) >= 11 is 0. The van der Waals surface area contributed by atoms with E-state index in [-0.39, 0.29) is 0 Å². The molecule has 0 radical (unpaired) electrons. The van der Waals surface area contributed by atoms with E-state index < -0.39 is 0 Å². The lowest BCUT2D eigenvalue weighted by atomic mass is 10.2. The Hall–Kier alpha value is -1.12. The van der Waals surface area contributed by atoms with Crippen LogP contribution >= 0.6 is 0 Å². The van der Waals surface area contributed by atoms with E-state index >= 15 is 0 Å².